The number of nitrogens with zero attached hydrogens (tertiary/aromatic N) is 1. The molecule has 0 N–H and O–H groups in total. The molecule has 2 atom stereocenters. The minimum atomic E-state index is -0.396. The highest BCUT2D eigenvalue weighted by Gasteiger charge is 2.52. The smallest absolute Gasteiger partial charge is 0.143 e. The number of fused-ring (bicyclic) bond motifs is 25. The van der Waals surface area contributed by atoms with Gasteiger partial charge in [-0.25, -0.2) is 0 Å². The second-order valence-corrected chi connectivity index (χ2v) is 37.1. The average Bonchev–Trinajstić information content (AvgIpc) is 1.54. The van der Waals surface area contributed by atoms with E-state index in [1.54, 1.807) is 0 Å². The number of benzene rings is 14. The van der Waals surface area contributed by atoms with Gasteiger partial charge in [0.1, 0.15) is 23.0 Å². The van der Waals surface area contributed by atoms with Gasteiger partial charge in [-0.2, -0.15) is 0 Å². The molecule has 0 spiro atoms. The molecule has 23 rings (SSSR count). The molecule has 3 heteroatoms. The summed E-state index contributed by atoms with van der Waals surface area (Å²) in [5.74, 6) is 0.977. The Balaban J connectivity index is 0.603. The van der Waals surface area contributed by atoms with E-state index in [9.17, 15) is 0 Å². The molecule has 0 bridgehead atoms. The lowest BCUT2D eigenvalue weighted by atomic mass is 9.72. The van der Waals surface area contributed by atoms with E-state index in [-0.39, 0.29) is 39.1 Å². The highest BCUT2D eigenvalue weighted by molar-refractivity contribution is 6.19. The lowest BCUT2D eigenvalue weighted by Gasteiger charge is -2.32. The second-order valence-electron chi connectivity index (χ2n) is 37.1. The van der Waals surface area contributed by atoms with Gasteiger partial charge in [-0.15, -0.1) is 0 Å². The van der Waals surface area contributed by atoms with Crippen molar-refractivity contribution in [3.63, 3.8) is 0 Å². The van der Waals surface area contributed by atoms with Gasteiger partial charge in [0.2, 0.25) is 0 Å². The summed E-state index contributed by atoms with van der Waals surface area (Å²) in [7, 11) is 0. The maximum atomic E-state index is 7.34. The van der Waals surface area contributed by atoms with Crippen molar-refractivity contribution in [2.24, 2.45) is 0 Å². The van der Waals surface area contributed by atoms with Gasteiger partial charge in [0.05, 0.1) is 11.6 Å². The Morgan fingerprint density at radius 1 is 0.310 bits per heavy atom. The number of aryl methyl sites for hydroxylation is 2. The summed E-state index contributed by atoms with van der Waals surface area (Å²) in [6, 6.07) is 103. The van der Waals surface area contributed by atoms with E-state index < -0.39 is 5.41 Å². The van der Waals surface area contributed by atoms with E-state index >= 15 is 0 Å². The Morgan fingerprint density at radius 3 is 1.27 bits per heavy atom. The molecule has 2 unspecified atom stereocenters. The molecule has 15 aromatic rings. The van der Waals surface area contributed by atoms with Gasteiger partial charge < -0.3 is 14.1 Å². The number of furan rings is 1. The monoisotopic (exact) mass is 1460 g/mol. The maximum absolute atomic E-state index is 7.34. The highest BCUT2D eigenvalue weighted by Crippen LogP contribution is 2.65. The van der Waals surface area contributed by atoms with Gasteiger partial charge in [0.25, 0.3) is 0 Å². The number of hydrogen-bond donors (Lipinski definition) is 0. The van der Waals surface area contributed by atoms with Gasteiger partial charge in [-0.05, 0) is 271 Å². The van der Waals surface area contributed by atoms with Crippen molar-refractivity contribution in [3.8, 4) is 94.8 Å². The summed E-state index contributed by atoms with van der Waals surface area (Å²) in [4.78, 5) is 2.57. The summed E-state index contributed by atoms with van der Waals surface area (Å²) < 4.78 is 14.6. The van der Waals surface area contributed by atoms with Gasteiger partial charge in [-0.1, -0.05) is 277 Å². The zero-order chi connectivity index (χ0) is 76.8. The Kier molecular flexibility index (Phi) is 13.2. The normalized spacial score (nSPS) is 18.3. The molecule has 0 fully saturated rings. The highest BCUT2D eigenvalue weighted by atomic mass is 16.5. The number of para-hydroxylation sites is 3. The van der Waals surface area contributed by atoms with Gasteiger partial charge in [0, 0.05) is 71.3 Å². The minimum Gasteiger partial charge on any atom is -0.484 e. The fourth-order valence-corrected chi connectivity index (χ4v) is 22.8. The predicted molar refractivity (Wildman–Crippen MR) is 470 cm³/mol. The van der Waals surface area contributed by atoms with Crippen LogP contribution in [0.1, 0.15) is 178 Å². The van der Waals surface area contributed by atoms with Gasteiger partial charge in [0.15, 0.2) is 0 Å². The lowest BCUT2D eigenvalue weighted by molar-refractivity contribution is 0.280. The first-order valence-corrected chi connectivity index (χ1v) is 40.8. The van der Waals surface area contributed by atoms with E-state index in [0.29, 0.717) is 0 Å². The summed E-state index contributed by atoms with van der Waals surface area (Å²) in [6.07, 6.45) is 2.35. The quantitative estimate of drug-likeness (QED) is 0.159. The van der Waals surface area contributed by atoms with Crippen molar-refractivity contribution in [1.82, 2.24) is 0 Å². The number of anilines is 3. The Bertz CT molecular complexity index is 6920. The molecule has 113 heavy (non-hydrogen) atoms. The van der Waals surface area contributed by atoms with Crippen LogP contribution < -0.4 is 9.64 Å². The standard InChI is InChI=1S/C110H89NO2/c1-60-24-23-25-61(2)102(60)111(68-40-48-78-92(56-68)109(11,12)94-58-82(103-100(98(78)94)80-28-17-21-32-96(80)112-103)66-38-46-76-74-44-36-64(52-88(74)107(7,8)90(76)54-66)62-34-42-72-70-26-15-19-30-84(70)105(3,4)86(72)50-62)69-41-49-79-93(57-69)110(13,14)95-59-83(104-101(99(79)95)81-29-18-22-33-97(81)113-104)67-39-47-77-75-45-37-65(53-89(75)108(9,10)91(77)55-67)63-35-43-73-71-27-16-20-31-85(71)106(5,6)87(73)51-63/h15-59,100,103H,1-14H3. The SMILES string of the molecule is Cc1cccc(C)c1N(c1ccc2c(c1)C(C)(C)C1=C2C2c3ccccc3OC2C(c2ccc3c(c2)C(C)(C)c2cc(-c4ccc5c(c4)C(C)(C)c4ccccc4-5)ccc2-3)=C1)c1ccc2c(c1)C(C)(C)c1cc(-c3ccc4c(c3)C(C)(C)c3cc(-c5ccc6c(c5)C(C)(C)c5ccccc5-6)ccc3-4)c3oc4ccccc4c3c1-2. The predicted octanol–water partition coefficient (Wildman–Crippen LogP) is 28.9. The van der Waals surface area contributed by atoms with Crippen LogP contribution in [0.2, 0.25) is 0 Å². The average molecular weight is 1460 g/mol. The van der Waals surface area contributed by atoms with Crippen LogP contribution in [-0.2, 0) is 32.5 Å². The van der Waals surface area contributed by atoms with Crippen LogP contribution in [0.4, 0.5) is 17.1 Å². The molecule has 546 valence electrons. The fourth-order valence-electron chi connectivity index (χ4n) is 22.8. The fraction of sp³-hybridized carbons (Fsp3) is 0.200. The first-order valence-electron chi connectivity index (χ1n) is 40.8. The Hall–Kier alpha value is -12.0. The molecular formula is C110H89NO2. The van der Waals surface area contributed by atoms with Crippen molar-refractivity contribution in [2.75, 3.05) is 4.90 Å². The molecular weight excluding hydrogens is 1370 g/mol. The van der Waals surface area contributed by atoms with E-state index in [2.05, 4.69) is 375 Å². The molecule has 2 heterocycles. The summed E-state index contributed by atoms with van der Waals surface area (Å²) >= 11 is 0. The summed E-state index contributed by atoms with van der Waals surface area (Å²) in [5.41, 5.74) is 49.7. The molecule has 1 aromatic heterocycles. The number of ether oxygens (including phenoxy) is 1. The van der Waals surface area contributed by atoms with Crippen molar-refractivity contribution in [2.45, 2.75) is 141 Å². The topological polar surface area (TPSA) is 25.6 Å². The van der Waals surface area contributed by atoms with Crippen molar-refractivity contribution < 1.29 is 9.15 Å². The van der Waals surface area contributed by atoms with E-state index in [1.165, 1.54) is 200 Å². The largest absolute Gasteiger partial charge is 0.484 e. The molecule has 0 saturated carbocycles. The third kappa shape index (κ3) is 8.81. The second kappa shape index (κ2) is 22.4. The first-order chi connectivity index (χ1) is 54.4. The molecule has 1 aliphatic heterocycles. The van der Waals surface area contributed by atoms with Crippen LogP contribution in [0.15, 0.2) is 283 Å². The zero-order valence-corrected chi connectivity index (χ0v) is 66.9. The van der Waals surface area contributed by atoms with E-state index in [1.807, 2.05) is 0 Å². The van der Waals surface area contributed by atoms with Crippen molar-refractivity contribution in [3.05, 3.63) is 368 Å². The van der Waals surface area contributed by atoms with Crippen molar-refractivity contribution >= 4 is 50.1 Å². The Morgan fingerprint density at radius 2 is 0.717 bits per heavy atom. The van der Waals surface area contributed by atoms with Crippen LogP contribution in [0.3, 0.4) is 0 Å². The molecule has 7 aliphatic carbocycles. The molecule has 3 nitrogen and oxygen atoms in total. The van der Waals surface area contributed by atoms with E-state index in [4.69, 9.17) is 9.15 Å². The van der Waals surface area contributed by atoms with Crippen LogP contribution in [0, 0.1) is 13.8 Å². The molecule has 0 radical (unpaired) electrons. The minimum absolute atomic E-state index is 0.00280. The first kappa shape index (κ1) is 66.7. The van der Waals surface area contributed by atoms with Gasteiger partial charge in [-0.3, -0.25) is 0 Å². The summed E-state index contributed by atoms with van der Waals surface area (Å²) in [5, 5.41) is 2.32. The number of rotatable bonds is 7. The van der Waals surface area contributed by atoms with Gasteiger partial charge >= 0.3 is 0 Å². The molecule has 14 aromatic carbocycles. The zero-order valence-electron chi connectivity index (χ0n) is 66.9. The van der Waals surface area contributed by atoms with Crippen LogP contribution in [0.5, 0.6) is 5.75 Å². The molecule has 8 aliphatic rings. The van der Waals surface area contributed by atoms with E-state index in [0.717, 1.165) is 39.2 Å². The van der Waals surface area contributed by atoms with Crippen LogP contribution >= 0.6 is 0 Å². The molecule has 0 saturated heterocycles. The number of hydrogen-bond acceptors (Lipinski definition) is 3. The Labute approximate surface area is 663 Å². The third-order valence-corrected chi connectivity index (χ3v) is 28.9. The van der Waals surface area contributed by atoms with Crippen LogP contribution in [0.25, 0.3) is 122 Å². The van der Waals surface area contributed by atoms with Crippen molar-refractivity contribution in [1.29, 1.82) is 0 Å². The third-order valence-electron chi connectivity index (χ3n) is 28.9. The van der Waals surface area contributed by atoms with Crippen LogP contribution in [-0.4, -0.2) is 6.10 Å². The lowest BCUT2D eigenvalue weighted by Crippen LogP contribution is -2.27. The summed E-state index contributed by atoms with van der Waals surface area (Å²) in [6.45, 7) is 33.6. The number of allylic oxidation sites excluding steroid dienone is 2. The maximum Gasteiger partial charge on any atom is 0.143 e. The molecule has 0 amide bonds.